The Balaban J connectivity index is 0.000000345. The molecule has 0 saturated heterocycles. The van der Waals surface area contributed by atoms with Crippen LogP contribution in [0.1, 0.15) is 0 Å². The molecule has 184 valence electrons. The van der Waals surface area contributed by atoms with E-state index >= 15 is 0 Å². The number of rotatable bonds is 5. The zero-order valence-corrected chi connectivity index (χ0v) is 23.4. The van der Waals surface area contributed by atoms with E-state index in [1.165, 1.54) is 33.0 Å². The molecule has 3 nitrogen and oxygen atoms in total. The van der Waals surface area contributed by atoms with E-state index in [0.717, 1.165) is 5.92 Å². The number of imide groups is 1. The van der Waals surface area contributed by atoms with Crippen LogP contribution >= 0.6 is 7.92 Å². The van der Waals surface area contributed by atoms with E-state index in [1.54, 1.807) is 0 Å². The van der Waals surface area contributed by atoms with Gasteiger partial charge in [0.15, 0.2) is 0 Å². The first-order chi connectivity index (χ1) is 16.2. The summed E-state index contributed by atoms with van der Waals surface area (Å²) in [6, 6.07) is 32.3. The predicted molar refractivity (Wildman–Crippen MR) is 136 cm³/mol. The van der Waals surface area contributed by atoms with Crippen LogP contribution in [-0.2, 0) is 29.1 Å². The van der Waals surface area contributed by atoms with Crippen molar-refractivity contribution in [1.82, 2.24) is 4.90 Å². The second kappa shape index (κ2) is 16.8. The smallest absolute Gasteiger partial charge is 1.00 e. The Hall–Kier alpha value is -1.83. The molecule has 0 bridgehead atoms. The van der Waals surface area contributed by atoms with Crippen molar-refractivity contribution in [2.45, 2.75) is 0 Å². The third-order valence-corrected chi connectivity index (χ3v) is 7.57. The van der Waals surface area contributed by atoms with Crippen LogP contribution in [0.15, 0.2) is 103 Å². The van der Waals surface area contributed by atoms with Crippen molar-refractivity contribution < 1.29 is 53.9 Å². The van der Waals surface area contributed by atoms with Gasteiger partial charge in [0, 0.05) is 24.6 Å². The number of hydrogen-bond acceptors (Lipinski definition) is 2. The molecule has 1 aliphatic carbocycles. The molecule has 0 unspecified atom stereocenters. The van der Waals surface area contributed by atoms with Gasteiger partial charge in [-0.3, -0.25) is 14.5 Å². The van der Waals surface area contributed by atoms with Crippen molar-refractivity contribution in [1.29, 1.82) is 0 Å². The largest absolute Gasteiger partial charge is 2.00 e. The van der Waals surface area contributed by atoms with Gasteiger partial charge in [-0.2, -0.15) is 0 Å². The van der Waals surface area contributed by atoms with Crippen LogP contribution in [0.25, 0.3) is 0 Å². The third-order valence-electron chi connectivity index (χ3n) is 5.13. The summed E-state index contributed by atoms with van der Waals surface area (Å²) in [6.45, 7) is 0.353. The Morgan fingerprint density at radius 3 is 1.28 bits per heavy atom. The van der Waals surface area contributed by atoms with Gasteiger partial charge < -0.3 is 24.8 Å². The normalized spacial score (nSPS) is 14.8. The molecule has 3 aromatic rings. The summed E-state index contributed by atoms with van der Waals surface area (Å²) < 4.78 is 0. The first-order valence-corrected chi connectivity index (χ1v) is 12.1. The fourth-order valence-electron chi connectivity index (χ4n) is 3.53. The van der Waals surface area contributed by atoms with E-state index in [1.807, 2.05) is 32.1 Å². The number of nitrogens with zero attached hydrogens (tertiary/aromatic N) is 1. The summed E-state index contributed by atoms with van der Waals surface area (Å²) in [5.74, 6) is 0.482. The molecule has 0 aromatic heterocycles. The fraction of sp³-hybridized carbons (Fsp3) is 0.0345. The van der Waals surface area contributed by atoms with E-state index in [4.69, 9.17) is 0 Å². The van der Waals surface area contributed by atoms with Crippen LogP contribution in [0, 0.1) is 38.0 Å². The van der Waals surface area contributed by atoms with E-state index < -0.39 is 7.92 Å². The van der Waals surface area contributed by atoms with Gasteiger partial charge in [0.1, 0.15) is 0 Å². The number of halogens is 2. The number of benzene rings is 3. The summed E-state index contributed by atoms with van der Waals surface area (Å²) >= 11 is 0. The summed E-state index contributed by atoms with van der Waals surface area (Å²) in [6.07, 6.45) is 12.0. The van der Waals surface area contributed by atoms with E-state index in [-0.39, 0.29) is 56.1 Å². The van der Waals surface area contributed by atoms with Crippen LogP contribution in [0.3, 0.4) is 0 Å². The topological polar surface area (TPSA) is 37.4 Å². The molecule has 2 amide bonds. The summed E-state index contributed by atoms with van der Waals surface area (Å²) in [5, 5.41) is 4.19. The minimum Gasteiger partial charge on any atom is -1.00 e. The monoisotopic (exact) mass is 621 g/mol. The summed E-state index contributed by atoms with van der Waals surface area (Å²) in [7, 11) is -0.446. The van der Waals surface area contributed by atoms with Crippen LogP contribution in [0.2, 0.25) is 0 Å². The molecule has 0 N–H and O–H groups in total. The van der Waals surface area contributed by atoms with Crippen LogP contribution in [0.5, 0.6) is 0 Å². The van der Waals surface area contributed by atoms with Crippen molar-refractivity contribution in [3.8, 4) is 0 Å². The SMILES string of the molecule is O=C1C=CC(=O)N1C[C]1[CH][CH][CH][CH][CH]1.[Cl-].[Cl-].[Ru+2].c1ccc(P(c2ccccc2)c2ccccc2)cc1. The summed E-state index contributed by atoms with van der Waals surface area (Å²) in [5.41, 5.74) is 0. The maximum Gasteiger partial charge on any atom is 2.00 e. The van der Waals surface area contributed by atoms with Gasteiger partial charge in [-0.15, -0.1) is 0 Å². The molecule has 0 atom stereocenters. The number of hydrogen-bond donors (Lipinski definition) is 0. The average Bonchev–Trinajstić information content (AvgIpc) is 3.19. The number of carbonyl (C=O) groups excluding carboxylic acids is 2. The Morgan fingerprint density at radius 1 is 0.556 bits per heavy atom. The minimum absolute atomic E-state index is 0. The minimum atomic E-state index is -0.446. The molecule has 3 aromatic carbocycles. The number of carbonyl (C=O) groups is 2. The standard InChI is InChI=1S/C18H15P.C11H9NO2.2ClH.Ru/c1-4-10-16(11-5-1)19(17-12-6-2-7-13-17)18-14-8-3-9-15-18;13-10-6-7-11(14)12(10)8-9-4-2-1-3-5-9;;;/h1-15H;1-7H,8H2;2*1H;/q;;;;+2/p-2. The maximum absolute atomic E-state index is 11.2. The van der Waals surface area contributed by atoms with Crippen molar-refractivity contribution in [2.24, 2.45) is 0 Å². The van der Waals surface area contributed by atoms with Crippen molar-refractivity contribution in [3.05, 3.63) is 141 Å². The quantitative estimate of drug-likeness (QED) is 0.188. The zero-order chi connectivity index (χ0) is 22.9. The molecule has 1 fully saturated rings. The molecule has 6 radical (unpaired) electrons. The first kappa shape index (κ1) is 32.2. The van der Waals surface area contributed by atoms with Crippen molar-refractivity contribution in [3.63, 3.8) is 0 Å². The van der Waals surface area contributed by atoms with Crippen molar-refractivity contribution >= 4 is 35.6 Å². The second-order valence-electron chi connectivity index (χ2n) is 7.42. The Labute approximate surface area is 241 Å². The molecule has 1 heterocycles. The van der Waals surface area contributed by atoms with Gasteiger partial charge in [-0.25, -0.2) is 0 Å². The Morgan fingerprint density at radius 2 is 0.917 bits per heavy atom. The van der Waals surface area contributed by atoms with E-state index in [2.05, 4.69) is 91.0 Å². The molecule has 1 saturated carbocycles. The van der Waals surface area contributed by atoms with E-state index in [0.29, 0.717) is 6.54 Å². The molecule has 7 heteroatoms. The van der Waals surface area contributed by atoms with Gasteiger partial charge in [-0.05, 0) is 55.9 Å². The zero-order valence-electron chi connectivity index (χ0n) is 19.2. The Kier molecular flexibility index (Phi) is 15.1. The second-order valence-corrected chi connectivity index (χ2v) is 9.64. The van der Waals surface area contributed by atoms with Gasteiger partial charge in [-0.1, -0.05) is 91.0 Å². The third kappa shape index (κ3) is 8.93. The molecule has 0 spiro atoms. The first-order valence-electron chi connectivity index (χ1n) is 10.7. The molecule has 1 aliphatic heterocycles. The summed E-state index contributed by atoms with van der Waals surface area (Å²) in [4.78, 5) is 23.6. The van der Waals surface area contributed by atoms with Crippen LogP contribution < -0.4 is 40.7 Å². The molecule has 36 heavy (non-hydrogen) atoms. The molecule has 5 rings (SSSR count). The molecular formula is C29H24Cl2NO2PRu. The fourth-order valence-corrected chi connectivity index (χ4v) is 5.84. The molecular weight excluding hydrogens is 597 g/mol. The van der Waals surface area contributed by atoms with Crippen LogP contribution in [-0.4, -0.2) is 23.3 Å². The van der Waals surface area contributed by atoms with Gasteiger partial charge in [0.2, 0.25) is 0 Å². The molecule has 2 aliphatic rings. The maximum atomic E-state index is 11.2. The van der Waals surface area contributed by atoms with Gasteiger partial charge in [0.25, 0.3) is 11.8 Å². The Bertz CT molecular complexity index is 966. The average molecular weight is 621 g/mol. The van der Waals surface area contributed by atoms with Gasteiger partial charge >= 0.3 is 19.5 Å². The van der Waals surface area contributed by atoms with Gasteiger partial charge in [0.05, 0.1) is 0 Å². The number of amides is 2. The van der Waals surface area contributed by atoms with Crippen molar-refractivity contribution in [2.75, 3.05) is 6.54 Å². The van der Waals surface area contributed by atoms with Crippen LogP contribution in [0.4, 0.5) is 0 Å². The van der Waals surface area contributed by atoms with E-state index in [9.17, 15) is 9.59 Å². The predicted octanol–water partition coefficient (Wildman–Crippen LogP) is -2.03.